The summed E-state index contributed by atoms with van der Waals surface area (Å²) < 4.78 is 29.2. The van der Waals surface area contributed by atoms with Crippen LogP contribution in [0, 0.1) is 5.41 Å². The molecule has 2 aliphatic heterocycles. The van der Waals surface area contributed by atoms with Crippen LogP contribution in [-0.2, 0) is 18.1 Å². The zero-order valence-corrected chi connectivity index (χ0v) is 14.8. The van der Waals surface area contributed by atoms with Crippen molar-refractivity contribution in [3.05, 3.63) is 60.7 Å². The lowest BCUT2D eigenvalue weighted by molar-refractivity contribution is -0.0590. The summed E-state index contributed by atoms with van der Waals surface area (Å²) in [5, 5.41) is 1.09. The lowest BCUT2D eigenvalue weighted by Gasteiger charge is -2.42. The normalized spacial score (nSPS) is 30.2. The lowest BCUT2D eigenvalue weighted by Crippen LogP contribution is -2.45. The molecule has 0 radical (unpaired) electrons. The van der Waals surface area contributed by atoms with Crippen LogP contribution in [0.3, 0.4) is 0 Å². The SMILES string of the molecule is c1ccc(OP2OCC3(CO2)COP(c2ccccc2)OC3)cc1. The summed E-state index contributed by atoms with van der Waals surface area (Å²) in [7, 11) is -2.37. The number of hydrogen-bond acceptors (Lipinski definition) is 5. The van der Waals surface area contributed by atoms with Gasteiger partial charge in [0.25, 0.3) is 0 Å². The molecule has 1 spiro atoms. The number of rotatable bonds is 3. The summed E-state index contributed by atoms with van der Waals surface area (Å²) in [6, 6.07) is 19.6. The standard InChI is InChI=1S/C17H18O5P2/c1-3-7-15(8-4-1)22-24-20-13-17(14-21-24)11-18-23(19-12-17)16-9-5-2-6-10-16/h1-10H,11-14H2. The maximum absolute atomic E-state index is 5.96. The third kappa shape index (κ3) is 3.78. The molecule has 0 unspecified atom stereocenters. The highest BCUT2D eigenvalue weighted by atomic mass is 31.2. The predicted octanol–water partition coefficient (Wildman–Crippen LogP) is 4.01. The van der Waals surface area contributed by atoms with Gasteiger partial charge in [-0.25, -0.2) is 0 Å². The van der Waals surface area contributed by atoms with Crippen molar-refractivity contribution in [1.29, 1.82) is 0 Å². The Balaban J connectivity index is 1.30. The second kappa shape index (κ2) is 7.45. The fourth-order valence-corrected chi connectivity index (χ4v) is 5.22. The van der Waals surface area contributed by atoms with Crippen molar-refractivity contribution in [1.82, 2.24) is 0 Å². The van der Waals surface area contributed by atoms with Gasteiger partial charge in [0.1, 0.15) is 5.75 Å². The molecule has 0 N–H and O–H groups in total. The highest BCUT2D eigenvalue weighted by Gasteiger charge is 2.44. The third-order valence-electron chi connectivity index (χ3n) is 3.82. The number of para-hydroxylation sites is 1. The highest BCUT2D eigenvalue weighted by molar-refractivity contribution is 7.56. The minimum absolute atomic E-state index is 0.244. The van der Waals surface area contributed by atoms with E-state index in [1.807, 2.05) is 60.7 Å². The van der Waals surface area contributed by atoms with Crippen LogP contribution >= 0.6 is 17.0 Å². The fraction of sp³-hybridized carbons (Fsp3) is 0.294. The molecule has 5 nitrogen and oxygen atoms in total. The van der Waals surface area contributed by atoms with Gasteiger partial charge < -0.3 is 22.6 Å². The Kier molecular flexibility index (Phi) is 5.09. The van der Waals surface area contributed by atoms with Gasteiger partial charge in [-0.3, -0.25) is 0 Å². The average Bonchev–Trinajstić information content (AvgIpc) is 2.66. The summed E-state index contributed by atoms with van der Waals surface area (Å²) in [6.45, 7) is 2.18. The van der Waals surface area contributed by atoms with E-state index in [1.165, 1.54) is 0 Å². The molecule has 4 rings (SSSR count). The van der Waals surface area contributed by atoms with E-state index in [1.54, 1.807) is 0 Å². The van der Waals surface area contributed by atoms with Crippen LogP contribution < -0.4 is 9.83 Å². The molecular weight excluding hydrogens is 346 g/mol. The van der Waals surface area contributed by atoms with E-state index in [4.69, 9.17) is 22.6 Å². The maximum atomic E-state index is 5.96. The van der Waals surface area contributed by atoms with Crippen LogP contribution in [0.15, 0.2) is 60.7 Å². The second-order valence-corrected chi connectivity index (χ2v) is 8.51. The largest absolute Gasteiger partial charge is 0.427 e. The molecule has 2 aromatic rings. The van der Waals surface area contributed by atoms with Gasteiger partial charge in [0, 0.05) is 5.30 Å². The average molecular weight is 364 g/mol. The van der Waals surface area contributed by atoms with E-state index in [9.17, 15) is 0 Å². The second-order valence-electron chi connectivity index (χ2n) is 5.81. The fourth-order valence-electron chi connectivity index (χ4n) is 2.41. The van der Waals surface area contributed by atoms with Gasteiger partial charge in [-0.05, 0) is 24.3 Å². The molecule has 0 aromatic heterocycles. The summed E-state index contributed by atoms with van der Waals surface area (Å²) in [4.78, 5) is 0. The quantitative estimate of drug-likeness (QED) is 0.770. The Morgan fingerprint density at radius 3 is 1.88 bits per heavy atom. The summed E-state index contributed by atoms with van der Waals surface area (Å²) >= 11 is 0. The molecule has 126 valence electrons. The van der Waals surface area contributed by atoms with E-state index >= 15 is 0 Å². The Bertz CT molecular complexity index is 637. The predicted molar refractivity (Wildman–Crippen MR) is 93.2 cm³/mol. The van der Waals surface area contributed by atoms with Crippen molar-refractivity contribution >= 4 is 22.3 Å². The van der Waals surface area contributed by atoms with Crippen LogP contribution in [0.5, 0.6) is 5.75 Å². The van der Waals surface area contributed by atoms with Crippen LogP contribution in [-0.4, -0.2) is 26.4 Å². The molecule has 2 saturated heterocycles. The number of benzene rings is 2. The molecular formula is C17H18O5P2. The molecule has 2 aromatic carbocycles. The van der Waals surface area contributed by atoms with Crippen molar-refractivity contribution in [2.75, 3.05) is 26.4 Å². The molecule has 0 aliphatic carbocycles. The van der Waals surface area contributed by atoms with Crippen LogP contribution in [0.25, 0.3) is 0 Å². The summed E-state index contributed by atoms with van der Waals surface area (Å²) in [5.41, 5.74) is -0.244. The van der Waals surface area contributed by atoms with E-state index in [-0.39, 0.29) is 5.41 Å². The molecule has 0 amide bonds. The van der Waals surface area contributed by atoms with Gasteiger partial charge >= 0.3 is 8.60 Å². The first-order valence-corrected chi connectivity index (χ1v) is 10.0. The Hall–Kier alpha value is -1.06. The van der Waals surface area contributed by atoms with E-state index in [0.29, 0.717) is 26.4 Å². The molecule has 2 fully saturated rings. The Morgan fingerprint density at radius 1 is 0.708 bits per heavy atom. The van der Waals surface area contributed by atoms with Gasteiger partial charge in [-0.15, -0.1) is 0 Å². The Morgan fingerprint density at radius 2 is 1.25 bits per heavy atom. The van der Waals surface area contributed by atoms with Gasteiger partial charge in [0.15, 0.2) is 0 Å². The van der Waals surface area contributed by atoms with Gasteiger partial charge in [0.2, 0.25) is 8.38 Å². The van der Waals surface area contributed by atoms with E-state index < -0.39 is 17.0 Å². The van der Waals surface area contributed by atoms with Crippen LogP contribution in [0.1, 0.15) is 0 Å². The van der Waals surface area contributed by atoms with Crippen LogP contribution in [0.4, 0.5) is 0 Å². The molecule has 0 saturated carbocycles. The first kappa shape index (κ1) is 16.4. The zero-order chi connectivity index (χ0) is 16.2. The first-order chi connectivity index (χ1) is 11.8. The van der Waals surface area contributed by atoms with Crippen LogP contribution in [0.2, 0.25) is 0 Å². The van der Waals surface area contributed by atoms with Gasteiger partial charge in [-0.1, -0.05) is 36.4 Å². The van der Waals surface area contributed by atoms with E-state index in [0.717, 1.165) is 11.1 Å². The Labute approximate surface area is 143 Å². The van der Waals surface area contributed by atoms with E-state index in [2.05, 4.69) is 0 Å². The highest BCUT2D eigenvalue weighted by Crippen LogP contribution is 2.52. The van der Waals surface area contributed by atoms with Gasteiger partial charge in [-0.2, -0.15) is 0 Å². The van der Waals surface area contributed by atoms with Crippen molar-refractivity contribution in [3.63, 3.8) is 0 Å². The van der Waals surface area contributed by atoms with Gasteiger partial charge in [0.05, 0.1) is 31.8 Å². The van der Waals surface area contributed by atoms with Crippen molar-refractivity contribution < 1.29 is 22.6 Å². The number of hydrogen-bond donors (Lipinski definition) is 0. The monoisotopic (exact) mass is 364 g/mol. The smallest absolute Gasteiger partial charge is 0.397 e. The molecule has 2 heterocycles. The zero-order valence-electron chi connectivity index (χ0n) is 13.0. The first-order valence-electron chi connectivity index (χ1n) is 7.73. The minimum Gasteiger partial charge on any atom is -0.427 e. The topological polar surface area (TPSA) is 46.2 Å². The molecule has 0 atom stereocenters. The molecule has 24 heavy (non-hydrogen) atoms. The minimum atomic E-state index is -1.36. The summed E-state index contributed by atoms with van der Waals surface area (Å²) in [5.74, 6) is 0.753. The maximum Gasteiger partial charge on any atom is 0.397 e. The molecule has 7 heteroatoms. The van der Waals surface area contributed by atoms with Crippen molar-refractivity contribution in [3.8, 4) is 5.75 Å². The lowest BCUT2D eigenvalue weighted by atomic mass is 9.93. The van der Waals surface area contributed by atoms with Crippen molar-refractivity contribution in [2.24, 2.45) is 5.41 Å². The third-order valence-corrected chi connectivity index (χ3v) is 6.31. The molecule has 2 aliphatic rings. The van der Waals surface area contributed by atoms with Crippen molar-refractivity contribution in [2.45, 2.75) is 0 Å². The summed E-state index contributed by atoms with van der Waals surface area (Å²) in [6.07, 6.45) is 0. The molecule has 0 bridgehead atoms.